The van der Waals surface area contributed by atoms with Crippen LogP contribution in [0.25, 0.3) is 0 Å². The number of aliphatic hydroxyl groups excluding tert-OH is 1. The number of nitrogens with zero attached hydrogens (tertiary/aromatic N) is 1. The number of hydrogen-bond donors (Lipinski definition) is 1. The van der Waals surface area contributed by atoms with Gasteiger partial charge in [-0.05, 0) is 36.1 Å². The van der Waals surface area contributed by atoms with E-state index >= 15 is 0 Å². The second-order valence-electron chi connectivity index (χ2n) is 4.48. The molecule has 2 nitrogen and oxygen atoms in total. The second kappa shape index (κ2) is 4.83. The third kappa shape index (κ3) is 2.35. The zero-order valence-corrected chi connectivity index (χ0v) is 9.62. The minimum atomic E-state index is -0.263. The lowest BCUT2D eigenvalue weighted by molar-refractivity contribution is 0.281. The van der Waals surface area contributed by atoms with Crippen LogP contribution in [-0.4, -0.2) is 18.2 Å². The molecule has 0 aromatic heterocycles. The Morgan fingerprint density at radius 1 is 1.44 bits per heavy atom. The van der Waals surface area contributed by atoms with Crippen LogP contribution in [0.15, 0.2) is 18.2 Å². The van der Waals surface area contributed by atoms with Crippen molar-refractivity contribution in [3.63, 3.8) is 0 Å². The van der Waals surface area contributed by atoms with Crippen molar-refractivity contribution in [1.29, 1.82) is 0 Å². The average molecular weight is 223 g/mol. The zero-order chi connectivity index (χ0) is 11.5. The predicted octanol–water partition coefficient (Wildman–Crippen LogP) is 2.55. The van der Waals surface area contributed by atoms with Gasteiger partial charge in [-0.15, -0.1) is 0 Å². The summed E-state index contributed by atoms with van der Waals surface area (Å²) < 4.78 is 13.3. The molecule has 1 aliphatic rings. The molecule has 1 atom stereocenters. The molecule has 1 N–H and O–H groups in total. The van der Waals surface area contributed by atoms with Gasteiger partial charge >= 0.3 is 0 Å². The molecule has 0 amide bonds. The first-order chi connectivity index (χ1) is 7.72. The lowest BCUT2D eigenvalue weighted by Crippen LogP contribution is -2.19. The van der Waals surface area contributed by atoms with Crippen molar-refractivity contribution in [2.75, 3.05) is 18.0 Å². The molecule has 0 saturated carbocycles. The second-order valence-corrected chi connectivity index (χ2v) is 4.48. The van der Waals surface area contributed by atoms with Crippen LogP contribution in [0.2, 0.25) is 0 Å². The van der Waals surface area contributed by atoms with Crippen molar-refractivity contribution in [2.45, 2.75) is 26.4 Å². The van der Waals surface area contributed by atoms with E-state index in [4.69, 9.17) is 5.11 Å². The largest absolute Gasteiger partial charge is 0.392 e. The summed E-state index contributed by atoms with van der Waals surface area (Å²) in [4.78, 5) is 2.20. The van der Waals surface area contributed by atoms with Crippen LogP contribution < -0.4 is 4.90 Å². The summed E-state index contributed by atoms with van der Waals surface area (Å²) in [5.41, 5.74) is 1.55. The first-order valence-corrected chi connectivity index (χ1v) is 5.88. The fraction of sp³-hybridized carbons (Fsp3) is 0.538. The van der Waals surface area contributed by atoms with E-state index in [2.05, 4.69) is 11.8 Å². The Bertz CT molecular complexity index is 367. The molecular weight excluding hydrogens is 205 g/mol. The van der Waals surface area contributed by atoms with Gasteiger partial charge in [0, 0.05) is 18.8 Å². The van der Waals surface area contributed by atoms with Gasteiger partial charge in [0.05, 0.1) is 6.61 Å². The van der Waals surface area contributed by atoms with E-state index in [1.807, 2.05) is 6.07 Å². The summed E-state index contributed by atoms with van der Waals surface area (Å²) in [6.45, 7) is 4.09. The third-order valence-corrected chi connectivity index (χ3v) is 3.35. The van der Waals surface area contributed by atoms with E-state index in [-0.39, 0.29) is 12.4 Å². The molecule has 1 fully saturated rings. The molecule has 0 spiro atoms. The molecule has 0 aliphatic carbocycles. The van der Waals surface area contributed by atoms with Crippen molar-refractivity contribution < 1.29 is 9.50 Å². The summed E-state index contributed by atoms with van der Waals surface area (Å²) in [5.74, 6) is 0.461. The summed E-state index contributed by atoms with van der Waals surface area (Å²) >= 11 is 0. The van der Waals surface area contributed by atoms with Gasteiger partial charge in [-0.3, -0.25) is 0 Å². The molecule has 0 radical (unpaired) electrons. The number of aliphatic hydroxyl groups is 1. The van der Waals surface area contributed by atoms with Gasteiger partial charge in [0.15, 0.2) is 0 Å². The van der Waals surface area contributed by atoms with Gasteiger partial charge in [0.1, 0.15) is 5.82 Å². The van der Waals surface area contributed by atoms with E-state index in [0.717, 1.165) is 24.7 Å². The fourth-order valence-electron chi connectivity index (χ4n) is 2.31. The van der Waals surface area contributed by atoms with Crippen LogP contribution in [0.4, 0.5) is 10.1 Å². The lowest BCUT2D eigenvalue weighted by atomic mass is 10.1. The molecule has 2 rings (SSSR count). The molecule has 1 aromatic carbocycles. The Balaban J connectivity index is 2.17. The molecule has 16 heavy (non-hydrogen) atoms. The normalized spacial score (nSPS) is 20.4. The maximum absolute atomic E-state index is 13.3. The van der Waals surface area contributed by atoms with Gasteiger partial charge in [0.2, 0.25) is 0 Å². The Morgan fingerprint density at radius 2 is 2.25 bits per heavy atom. The van der Waals surface area contributed by atoms with Crippen LogP contribution in [0, 0.1) is 11.7 Å². The van der Waals surface area contributed by atoms with E-state index in [1.165, 1.54) is 18.9 Å². The van der Waals surface area contributed by atoms with Gasteiger partial charge in [-0.25, -0.2) is 4.39 Å². The summed E-state index contributed by atoms with van der Waals surface area (Å²) in [6, 6.07) is 4.81. The van der Waals surface area contributed by atoms with Crippen molar-refractivity contribution in [3.8, 4) is 0 Å². The smallest absolute Gasteiger partial charge is 0.125 e. The van der Waals surface area contributed by atoms with E-state index in [0.29, 0.717) is 5.56 Å². The van der Waals surface area contributed by atoms with E-state index in [1.54, 1.807) is 6.07 Å². The highest BCUT2D eigenvalue weighted by atomic mass is 19.1. The van der Waals surface area contributed by atoms with Crippen LogP contribution in [0.5, 0.6) is 0 Å². The van der Waals surface area contributed by atoms with Gasteiger partial charge in [-0.2, -0.15) is 0 Å². The molecule has 1 unspecified atom stereocenters. The molecule has 1 aliphatic heterocycles. The SMILES string of the molecule is CCC1CCN(c2cc(F)cc(CO)c2)C1. The Labute approximate surface area is 95.7 Å². The maximum atomic E-state index is 13.3. The maximum Gasteiger partial charge on any atom is 0.125 e. The first kappa shape index (κ1) is 11.4. The predicted molar refractivity (Wildman–Crippen MR) is 62.9 cm³/mol. The highest BCUT2D eigenvalue weighted by molar-refractivity contribution is 5.49. The highest BCUT2D eigenvalue weighted by Gasteiger charge is 2.21. The van der Waals surface area contributed by atoms with Crippen LogP contribution >= 0.6 is 0 Å². The van der Waals surface area contributed by atoms with Crippen LogP contribution in [0.3, 0.4) is 0 Å². The summed E-state index contributed by atoms with van der Waals surface area (Å²) in [5, 5.41) is 9.04. The Hall–Kier alpha value is -1.09. The van der Waals surface area contributed by atoms with Gasteiger partial charge in [-0.1, -0.05) is 13.3 Å². The van der Waals surface area contributed by atoms with Gasteiger partial charge < -0.3 is 10.0 Å². The fourth-order valence-corrected chi connectivity index (χ4v) is 2.31. The molecule has 0 bridgehead atoms. The van der Waals surface area contributed by atoms with Crippen molar-refractivity contribution in [1.82, 2.24) is 0 Å². The molecule has 3 heteroatoms. The minimum Gasteiger partial charge on any atom is -0.392 e. The monoisotopic (exact) mass is 223 g/mol. The number of hydrogen-bond acceptors (Lipinski definition) is 2. The van der Waals surface area contributed by atoms with E-state index in [9.17, 15) is 4.39 Å². The van der Waals surface area contributed by atoms with Crippen molar-refractivity contribution in [3.05, 3.63) is 29.6 Å². The molecular formula is C13H18FNO. The average Bonchev–Trinajstić information content (AvgIpc) is 2.76. The Morgan fingerprint density at radius 3 is 2.88 bits per heavy atom. The summed E-state index contributed by atoms with van der Waals surface area (Å²) in [6.07, 6.45) is 2.36. The number of benzene rings is 1. The summed E-state index contributed by atoms with van der Waals surface area (Å²) in [7, 11) is 0. The highest BCUT2D eigenvalue weighted by Crippen LogP contribution is 2.27. The Kier molecular flexibility index (Phi) is 3.44. The minimum absolute atomic E-state index is 0.101. The van der Waals surface area contributed by atoms with Crippen molar-refractivity contribution >= 4 is 5.69 Å². The molecule has 1 heterocycles. The van der Waals surface area contributed by atoms with E-state index < -0.39 is 0 Å². The quantitative estimate of drug-likeness (QED) is 0.851. The van der Waals surface area contributed by atoms with Crippen LogP contribution in [-0.2, 0) is 6.61 Å². The topological polar surface area (TPSA) is 23.5 Å². The molecule has 88 valence electrons. The van der Waals surface area contributed by atoms with Crippen LogP contribution in [0.1, 0.15) is 25.3 Å². The zero-order valence-electron chi connectivity index (χ0n) is 9.62. The molecule has 1 saturated heterocycles. The van der Waals surface area contributed by atoms with Gasteiger partial charge in [0.25, 0.3) is 0 Å². The van der Waals surface area contributed by atoms with Crippen molar-refractivity contribution in [2.24, 2.45) is 5.92 Å². The number of halogens is 1. The standard InChI is InChI=1S/C13H18FNO/c1-2-10-3-4-15(8-10)13-6-11(9-16)5-12(14)7-13/h5-7,10,16H,2-4,8-9H2,1H3. The third-order valence-electron chi connectivity index (χ3n) is 3.35. The first-order valence-electron chi connectivity index (χ1n) is 5.88. The number of rotatable bonds is 3. The molecule has 1 aromatic rings. The number of anilines is 1. The lowest BCUT2D eigenvalue weighted by Gasteiger charge is -2.19.